The minimum Gasteiger partial charge on any atom is -0.462 e. The average Bonchev–Trinajstić information content (AvgIpc) is 3.25. The van der Waals surface area contributed by atoms with Crippen molar-refractivity contribution in [3.05, 3.63) is 109 Å². The van der Waals surface area contributed by atoms with Crippen LogP contribution in [0.3, 0.4) is 0 Å². The van der Waals surface area contributed by atoms with E-state index >= 15 is 0 Å². The Labute approximate surface area is 370 Å². The molecule has 0 bridgehead atoms. The summed E-state index contributed by atoms with van der Waals surface area (Å²) in [5.41, 5.74) is 0. The van der Waals surface area contributed by atoms with Gasteiger partial charge in [-0.15, -0.1) is 0 Å². The topological polar surface area (TPSA) is 61.8 Å². The van der Waals surface area contributed by atoms with Crippen LogP contribution >= 0.6 is 0 Å². The van der Waals surface area contributed by atoms with Crippen LogP contribution in [0.2, 0.25) is 0 Å². The van der Waals surface area contributed by atoms with E-state index in [4.69, 9.17) is 14.2 Å². The van der Waals surface area contributed by atoms with E-state index in [0.717, 1.165) is 116 Å². The summed E-state index contributed by atoms with van der Waals surface area (Å²) in [6, 6.07) is 0. The largest absolute Gasteiger partial charge is 0.462 e. The van der Waals surface area contributed by atoms with Crippen LogP contribution in [0.15, 0.2) is 109 Å². The van der Waals surface area contributed by atoms with Gasteiger partial charge in [-0.3, -0.25) is 9.59 Å². The molecule has 0 radical (unpaired) electrons. The van der Waals surface area contributed by atoms with E-state index in [1.54, 1.807) is 0 Å². The molecule has 0 aliphatic heterocycles. The predicted octanol–water partition coefficient (Wildman–Crippen LogP) is 16.4. The van der Waals surface area contributed by atoms with Crippen LogP contribution in [0.5, 0.6) is 0 Å². The third kappa shape index (κ3) is 47.2. The lowest BCUT2D eigenvalue weighted by atomic mass is 10.1. The van der Waals surface area contributed by atoms with Gasteiger partial charge < -0.3 is 14.2 Å². The molecule has 0 aliphatic carbocycles. The smallest absolute Gasteiger partial charge is 0.306 e. The van der Waals surface area contributed by atoms with Crippen LogP contribution in [-0.4, -0.2) is 37.9 Å². The van der Waals surface area contributed by atoms with E-state index in [9.17, 15) is 9.59 Å². The molecular formula is C55H90O5. The second-order valence-electron chi connectivity index (χ2n) is 15.6. The van der Waals surface area contributed by atoms with Gasteiger partial charge in [0.05, 0.1) is 6.61 Å². The van der Waals surface area contributed by atoms with E-state index in [0.29, 0.717) is 19.4 Å². The van der Waals surface area contributed by atoms with Crippen molar-refractivity contribution >= 4 is 11.9 Å². The number of carbonyl (C=O) groups excluding carboxylic acids is 2. The molecule has 0 amide bonds. The zero-order chi connectivity index (χ0) is 43.5. The number of hydrogen-bond acceptors (Lipinski definition) is 5. The summed E-state index contributed by atoms with van der Waals surface area (Å²) in [5.74, 6) is -0.493. The zero-order valence-corrected chi connectivity index (χ0v) is 38.9. The van der Waals surface area contributed by atoms with Gasteiger partial charge in [-0.25, -0.2) is 0 Å². The van der Waals surface area contributed by atoms with E-state index in [2.05, 4.69) is 130 Å². The molecule has 1 atom stereocenters. The van der Waals surface area contributed by atoms with Gasteiger partial charge in [-0.2, -0.15) is 0 Å². The lowest BCUT2D eigenvalue weighted by Gasteiger charge is -2.18. The highest BCUT2D eigenvalue weighted by molar-refractivity contribution is 5.70. The highest BCUT2D eigenvalue weighted by atomic mass is 16.6. The molecular weight excluding hydrogens is 741 g/mol. The molecule has 0 saturated carbocycles. The summed E-state index contributed by atoms with van der Waals surface area (Å²) >= 11 is 0. The second kappa shape index (κ2) is 49.9. The van der Waals surface area contributed by atoms with Crippen LogP contribution in [0.1, 0.15) is 201 Å². The van der Waals surface area contributed by atoms with Crippen molar-refractivity contribution in [1.82, 2.24) is 0 Å². The molecule has 60 heavy (non-hydrogen) atoms. The van der Waals surface area contributed by atoms with Gasteiger partial charge in [0, 0.05) is 19.4 Å². The summed E-state index contributed by atoms with van der Waals surface area (Å²) in [6.45, 7) is 7.46. The van der Waals surface area contributed by atoms with Gasteiger partial charge in [0.1, 0.15) is 6.61 Å². The fraction of sp³-hybridized carbons (Fsp3) is 0.636. The average molecular weight is 831 g/mol. The van der Waals surface area contributed by atoms with Gasteiger partial charge in [0.25, 0.3) is 0 Å². The first-order chi connectivity index (χ1) is 29.6. The van der Waals surface area contributed by atoms with E-state index in [1.807, 2.05) is 0 Å². The predicted molar refractivity (Wildman–Crippen MR) is 260 cm³/mol. The van der Waals surface area contributed by atoms with Crippen LogP contribution in [0, 0.1) is 0 Å². The Morgan fingerprint density at radius 2 is 0.750 bits per heavy atom. The first-order valence-electron chi connectivity index (χ1n) is 24.4. The first kappa shape index (κ1) is 56.6. The standard InChI is InChI=1S/C55H90O5/c1-4-7-10-13-16-19-22-25-27-29-32-35-38-41-44-47-50-58-51-53(60-55(57)49-46-43-40-37-34-30-24-21-18-15-12-9-6-3)52-59-54(56)48-45-42-39-36-33-31-28-26-23-20-17-14-11-8-5-2/h8-9,11-12,16-21,25-28,30,33-34,36,53H,4-7,10,13-15,22-24,29,31-32,35,37-52H2,1-3H3/b11-8-,12-9-,19-16-,20-17-,21-18-,27-25-,28-26-,34-30-,36-33-. The van der Waals surface area contributed by atoms with Gasteiger partial charge in [0.15, 0.2) is 6.10 Å². The third-order valence-corrected chi connectivity index (χ3v) is 9.77. The van der Waals surface area contributed by atoms with E-state index < -0.39 is 6.10 Å². The number of ether oxygens (including phenoxy) is 3. The Balaban J connectivity index is 4.42. The van der Waals surface area contributed by atoms with Crippen molar-refractivity contribution < 1.29 is 23.8 Å². The Morgan fingerprint density at radius 3 is 1.23 bits per heavy atom. The summed E-state index contributed by atoms with van der Waals surface area (Å²) in [4.78, 5) is 25.3. The van der Waals surface area contributed by atoms with Crippen molar-refractivity contribution in [2.75, 3.05) is 19.8 Å². The molecule has 0 aromatic heterocycles. The Hall–Kier alpha value is -3.44. The molecule has 0 aliphatic rings. The van der Waals surface area contributed by atoms with E-state index in [-0.39, 0.29) is 25.2 Å². The molecule has 0 aromatic rings. The molecule has 0 saturated heterocycles. The maximum absolute atomic E-state index is 12.8. The quantitative estimate of drug-likeness (QED) is 0.0348. The summed E-state index contributed by atoms with van der Waals surface area (Å²) in [5, 5.41) is 0. The van der Waals surface area contributed by atoms with Gasteiger partial charge in [-0.05, 0) is 122 Å². The molecule has 0 fully saturated rings. The molecule has 340 valence electrons. The number of unbranched alkanes of at least 4 members (excludes halogenated alkanes) is 14. The molecule has 0 N–H and O–H groups in total. The fourth-order valence-electron chi connectivity index (χ4n) is 6.19. The number of carbonyl (C=O) groups is 2. The summed E-state index contributed by atoms with van der Waals surface area (Å²) < 4.78 is 17.3. The maximum atomic E-state index is 12.8. The van der Waals surface area contributed by atoms with Crippen molar-refractivity contribution in [3.8, 4) is 0 Å². The van der Waals surface area contributed by atoms with Crippen LogP contribution in [0.25, 0.3) is 0 Å². The second-order valence-corrected chi connectivity index (χ2v) is 15.6. The molecule has 0 heterocycles. The van der Waals surface area contributed by atoms with E-state index in [1.165, 1.54) is 51.4 Å². The minimum absolute atomic E-state index is 0.0409. The molecule has 0 rings (SSSR count). The van der Waals surface area contributed by atoms with Crippen molar-refractivity contribution in [2.45, 2.75) is 207 Å². The Kier molecular flexibility index (Phi) is 47.1. The van der Waals surface area contributed by atoms with Gasteiger partial charge >= 0.3 is 11.9 Å². The third-order valence-electron chi connectivity index (χ3n) is 9.77. The molecule has 5 nitrogen and oxygen atoms in total. The Bertz CT molecular complexity index is 1210. The first-order valence-corrected chi connectivity index (χ1v) is 24.4. The summed E-state index contributed by atoms with van der Waals surface area (Å²) in [6.07, 6.45) is 68.1. The molecule has 5 heteroatoms. The monoisotopic (exact) mass is 831 g/mol. The summed E-state index contributed by atoms with van der Waals surface area (Å²) in [7, 11) is 0. The van der Waals surface area contributed by atoms with Crippen LogP contribution in [-0.2, 0) is 23.8 Å². The number of esters is 2. The van der Waals surface area contributed by atoms with Crippen molar-refractivity contribution in [3.63, 3.8) is 0 Å². The van der Waals surface area contributed by atoms with Crippen molar-refractivity contribution in [2.24, 2.45) is 0 Å². The SMILES string of the molecule is CC/C=C\C/C=C\C/C=C\C/C=C\CCCCC(=O)OCC(COCCCCCCCC/C=C\C/C=C\CCCCC)OC(=O)CCCCC/C=C\C/C=C\C/C=C\CC. The van der Waals surface area contributed by atoms with Gasteiger partial charge in [0.2, 0.25) is 0 Å². The normalized spacial score (nSPS) is 13.2. The lowest BCUT2D eigenvalue weighted by Crippen LogP contribution is -2.30. The highest BCUT2D eigenvalue weighted by Crippen LogP contribution is 2.11. The maximum Gasteiger partial charge on any atom is 0.306 e. The molecule has 1 unspecified atom stereocenters. The van der Waals surface area contributed by atoms with Gasteiger partial charge in [-0.1, -0.05) is 175 Å². The number of allylic oxidation sites excluding steroid dienone is 18. The fourth-order valence-corrected chi connectivity index (χ4v) is 6.19. The lowest BCUT2D eigenvalue weighted by molar-refractivity contribution is -0.163. The Morgan fingerprint density at radius 1 is 0.383 bits per heavy atom. The van der Waals surface area contributed by atoms with Crippen LogP contribution < -0.4 is 0 Å². The zero-order valence-electron chi connectivity index (χ0n) is 38.9. The molecule has 0 aromatic carbocycles. The number of hydrogen-bond donors (Lipinski definition) is 0. The minimum atomic E-state index is -0.580. The number of rotatable bonds is 43. The van der Waals surface area contributed by atoms with Crippen molar-refractivity contribution in [1.29, 1.82) is 0 Å². The highest BCUT2D eigenvalue weighted by Gasteiger charge is 2.17. The van der Waals surface area contributed by atoms with Crippen LogP contribution in [0.4, 0.5) is 0 Å². The molecule has 0 spiro atoms.